The van der Waals surface area contributed by atoms with Gasteiger partial charge in [-0.15, -0.1) is 0 Å². The van der Waals surface area contributed by atoms with Crippen molar-refractivity contribution in [2.75, 3.05) is 11.9 Å². The predicted octanol–water partition coefficient (Wildman–Crippen LogP) is 5.76. The topological polar surface area (TPSA) is 32.3 Å². The van der Waals surface area contributed by atoms with E-state index < -0.39 is 0 Å². The van der Waals surface area contributed by atoms with Gasteiger partial charge >= 0.3 is 6.03 Å². The molecule has 3 nitrogen and oxygen atoms in total. The molecule has 0 aromatic heterocycles. The normalized spacial score (nSPS) is 17.9. The molecule has 1 aliphatic heterocycles. The Morgan fingerprint density at radius 3 is 2.44 bits per heavy atom. The quantitative estimate of drug-likeness (QED) is 0.743. The molecule has 1 atom stereocenters. The lowest BCUT2D eigenvalue weighted by molar-refractivity contribution is 0.189. The van der Waals surface area contributed by atoms with Crippen molar-refractivity contribution in [3.05, 3.63) is 64.7 Å². The number of amides is 2. The van der Waals surface area contributed by atoms with E-state index in [1.165, 1.54) is 35.1 Å². The molecule has 2 aromatic rings. The number of likely N-dealkylation sites (tertiary alicyclic amines) is 1. The zero-order valence-corrected chi connectivity index (χ0v) is 15.5. The van der Waals surface area contributed by atoms with Gasteiger partial charge in [0.25, 0.3) is 0 Å². The van der Waals surface area contributed by atoms with Crippen molar-refractivity contribution in [1.29, 1.82) is 0 Å². The number of rotatable bonds is 2. The fourth-order valence-electron chi connectivity index (χ4n) is 3.82. The second-order valence-electron chi connectivity index (χ2n) is 7.28. The number of benzene rings is 2. The van der Waals surface area contributed by atoms with Crippen LogP contribution in [0.2, 0.25) is 0 Å². The van der Waals surface area contributed by atoms with E-state index in [0.29, 0.717) is 0 Å². The highest BCUT2D eigenvalue weighted by molar-refractivity contribution is 5.89. The molecule has 0 unspecified atom stereocenters. The van der Waals surface area contributed by atoms with Crippen molar-refractivity contribution in [3.8, 4) is 0 Å². The van der Waals surface area contributed by atoms with E-state index in [1.54, 1.807) is 0 Å². The van der Waals surface area contributed by atoms with Crippen LogP contribution in [0.3, 0.4) is 0 Å². The van der Waals surface area contributed by atoms with Crippen molar-refractivity contribution in [3.63, 3.8) is 0 Å². The molecule has 132 valence electrons. The standard InChI is InChI=1S/C22H28N2O/c1-16-8-7-9-19(13-16)21-10-5-4-6-11-24(21)22(25)23-20-14-17(2)12-18(3)15-20/h7-9,12-15,21H,4-6,10-11H2,1-3H3,(H,23,25)/t21-/m0/s1. The van der Waals surface area contributed by atoms with Crippen LogP contribution in [0, 0.1) is 20.8 Å². The molecule has 3 rings (SSSR count). The maximum Gasteiger partial charge on any atom is 0.322 e. The Kier molecular flexibility index (Phi) is 5.42. The van der Waals surface area contributed by atoms with Crippen molar-refractivity contribution in [2.24, 2.45) is 0 Å². The van der Waals surface area contributed by atoms with Crippen LogP contribution in [0.4, 0.5) is 10.5 Å². The van der Waals surface area contributed by atoms with E-state index in [2.05, 4.69) is 56.4 Å². The molecule has 3 heteroatoms. The Hall–Kier alpha value is -2.29. The Labute approximate surface area is 151 Å². The van der Waals surface area contributed by atoms with Crippen LogP contribution < -0.4 is 5.32 Å². The summed E-state index contributed by atoms with van der Waals surface area (Å²) in [6, 6.07) is 14.9. The summed E-state index contributed by atoms with van der Waals surface area (Å²) in [4.78, 5) is 15.1. The second-order valence-corrected chi connectivity index (χ2v) is 7.28. The van der Waals surface area contributed by atoms with E-state index in [-0.39, 0.29) is 12.1 Å². The molecule has 2 amide bonds. The van der Waals surface area contributed by atoms with Crippen molar-refractivity contribution in [2.45, 2.75) is 52.5 Å². The molecule has 1 heterocycles. The number of carbonyl (C=O) groups excluding carboxylic acids is 1. The number of nitrogens with one attached hydrogen (secondary N) is 1. The number of carbonyl (C=O) groups is 1. The van der Waals surface area contributed by atoms with Gasteiger partial charge in [-0.05, 0) is 62.4 Å². The summed E-state index contributed by atoms with van der Waals surface area (Å²) in [5.74, 6) is 0. The molecule has 1 fully saturated rings. The van der Waals surface area contributed by atoms with Gasteiger partial charge in [-0.2, -0.15) is 0 Å². The molecular weight excluding hydrogens is 308 g/mol. The number of anilines is 1. The van der Waals surface area contributed by atoms with Crippen LogP contribution in [-0.4, -0.2) is 17.5 Å². The van der Waals surface area contributed by atoms with Crippen LogP contribution in [0.15, 0.2) is 42.5 Å². The molecule has 1 N–H and O–H groups in total. The Balaban J connectivity index is 1.84. The average molecular weight is 336 g/mol. The zero-order chi connectivity index (χ0) is 17.8. The number of urea groups is 1. The minimum atomic E-state index is 0.0124. The molecule has 0 radical (unpaired) electrons. The summed E-state index contributed by atoms with van der Waals surface area (Å²) < 4.78 is 0. The Bertz CT molecular complexity index is 733. The van der Waals surface area contributed by atoms with Gasteiger partial charge < -0.3 is 10.2 Å². The molecule has 0 aliphatic carbocycles. The number of hydrogen-bond acceptors (Lipinski definition) is 1. The van der Waals surface area contributed by atoms with Gasteiger partial charge in [0.2, 0.25) is 0 Å². The van der Waals surface area contributed by atoms with Crippen LogP contribution in [0.25, 0.3) is 0 Å². The van der Waals surface area contributed by atoms with E-state index in [1.807, 2.05) is 17.0 Å². The first-order valence-corrected chi connectivity index (χ1v) is 9.25. The van der Waals surface area contributed by atoms with Crippen molar-refractivity contribution >= 4 is 11.7 Å². The Morgan fingerprint density at radius 2 is 1.72 bits per heavy atom. The third-order valence-electron chi connectivity index (χ3n) is 4.91. The van der Waals surface area contributed by atoms with Crippen molar-refractivity contribution < 1.29 is 4.79 Å². The van der Waals surface area contributed by atoms with Gasteiger partial charge in [-0.1, -0.05) is 48.7 Å². The second kappa shape index (κ2) is 7.73. The lowest BCUT2D eigenvalue weighted by atomic mass is 9.99. The third-order valence-corrected chi connectivity index (χ3v) is 4.91. The molecule has 25 heavy (non-hydrogen) atoms. The van der Waals surface area contributed by atoms with Gasteiger partial charge in [0.15, 0.2) is 0 Å². The SMILES string of the molecule is Cc1cc(C)cc(NC(=O)N2CCCCC[C@H]2c2cccc(C)c2)c1. The summed E-state index contributed by atoms with van der Waals surface area (Å²) in [7, 11) is 0. The number of aryl methyl sites for hydroxylation is 3. The van der Waals surface area contributed by atoms with Gasteiger partial charge in [0.1, 0.15) is 0 Å². The maximum atomic E-state index is 13.0. The van der Waals surface area contributed by atoms with Gasteiger partial charge in [0.05, 0.1) is 6.04 Å². The highest BCUT2D eigenvalue weighted by Gasteiger charge is 2.27. The summed E-state index contributed by atoms with van der Waals surface area (Å²) in [6.07, 6.45) is 4.47. The largest absolute Gasteiger partial charge is 0.322 e. The first kappa shape index (κ1) is 17.5. The smallest absolute Gasteiger partial charge is 0.317 e. The van der Waals surface area contributed by atoms with Crippen LogP contribution in [0.5, 0.6) is 0 Å². The van der Waals surface area contributed by atoms with Crippen molar-refractivity contribution in [1.82, 2.24) is 4.90 Å². The Morgan fingerprint density at radius 1 is 0.960 bits per heavy atom. The summed E-state index contributed by atoms with van der Waals surface area (Å²) in [6.45, 7) is 7.05. The van der Waals surface area contributed by atoms with E-state index in [9.17, 15) is 4.79 Å². The monoisotopic (exact) mass is 336 g/mol. The molecule has 0 bridgehead atoms. The third kappa shape index (κ3) is 4.41. The minimum absolute atomic E-state index is 0.0124. The fourth-order valence-corrected chi connectivity index (χ4v) is 3.82. The van der Waals surface area contributed by atoms with Gasteiger partial charge in [-0.3, -0.25) is 0 Å². The van der Waals surface area contributed by atoms with Crippen LogP contribution in [-0.2, 0) is 0 Å². The van der Waals surface area contributed by atoms with E-state index in [4.69, 9.17) is 0 Å². The highest BCUT2D eigenvalue weighted by atomic mass is 16.2. The molecular formula is C22H28N2O. The van der Waals surface area contributed by atoms with Crippen LogP contribution in [0.1, 0.15) is 54.0 Å². The molecule has 1 saturated heterocycles. The number of hydrogen-bond donors (Lipinski definition) is 1. The first-order valence-electron chi connectivity index (χ1n) is 9.25. The predicted molar refractivity (Wildman–Crippen MR) is 104 cm³/mol. The maximum absolute atomic E-state index is 13.0. The summed E-state index contributed by atoms with van der Waals surface area (Å²) >= 11 is 0. The molecule has 0 saturated carbocycles. The first-order chi connectivity index (χ1) is 12.0. The van der Waals surface area contributed by atoms with Crippen LogP contribution >= 0.6 is 0 Å². The lowest BCUT2D eigenvalue weighted by Gasteiger charge is -2.31. The molecule has 0 spiro atoms. The lowest BCUT2D eigenvalue weighted by Crippen LogP contribution is -2.38. The number of nitrogens with zero attached hydrogens (tertiary/aromatic N) is 1. The molecule has 2 aromatic carbocycles. The fraction of sp³-hybridized carbons (Fsp3) is 0.409. The van der Waals surface area contributed by atoms with Gasteiger partial charge in [-0.25, -0.2) is 4.79 Å². The zero-order valence-electron chi connectivity index (χ0n) is 15.5. The summed E-state index contributed by atoms with van der Waals surface area (Å²) in [5.41, 5.74) is 5.71. The highest BCUT2D eigenvalue weighted by Crippen LogP contribution is 2.31. The molecule has 1 aliphatic rings. The summed E-state index contributed by atoms with van der Waals surface area (Å²) in [5, 5.41) is 3.12. The van der Waals surface area contributed by atoms with E-state index in [0.717, 1.165) is 25.1 Å². The average Bonchev–Trinajstić information content (AvgIpc) is 2.79. The van der Waals surface area contributed by atoms with E-state index >= 15 is 0 Å². The van der Waals surface area contributed by atoms with Gasteiger partial charge in [0, 0.05) is 12.2 Å². The minimum Gasteiger partial charge on any atom is -0.317 e.